The highest BCUT2D eigenvalue weighted by atomic mass is 35.5. The number of rotatable bonds is 5. The highest BCUT2D eigenvalue weighted by molar-refractivity contribution is 6.31. The molecule has 0 aromatic heterocycles. The van der Waals surface area contributed by atoms with Crippen molar-refractivity contribution >= 4 is 17.5 Å². The van der Waals surface area contributed by atoms with E-state index in [9.17, 15) is 9.18 Å². The predicted molar refractivity (Wildman–Crippen MR) is 64.8 cm³/mol. The Bertz CT molecular complexity index is 421. The smallest absolute Gasteiger partial charge is 0.251 e. The van der Waals surface area contributed by atoms with Gasteiger partial charge in [-0.3, -0.25) is 4.79 Å². The third-order valence-electron chi connectivity index (χ3n) is 2.60. The van der Waals surface area contributed by atoms with Crippen molar-refractivity contribution in [3.8, 4) is 0 Å². The summed E-state index contributed by atoms with van der Waals surface area (Å²) in [5.74, 6) is -0.747. The summed E-state index contributed by atoms with van der Waals surface area (Å²) in [6.45, 7) is 1.32. The second kappa shape index (κ2) is 5.47. The van der Waals surface area contributed by atoms with Crippen molar-refractivity contribution in [2.75, 3.05) is 13.1 Å². The Labute approximate surface area is 104 Å². The third-order valence-corrected chi connectivity index (χ3v) is 2.89. The zero-order valence-electron chi connectivity index (χ0n) is 9.30. The Kier molecular flexibility index (Phi) is 3.97. The molecule has 92 valence electrons. The summed E-state index contributed by atoms with van der Waals surface area (Å²) in [6, 6.07) is 4.58. The van der Waals surface area contributed by atoms with Crippen LogP contribution in [0, 0.1) is 5.82 Å². The van der Waals surface area contributed by atoms with Gasteiger partial charge < -0.3 is 10.6 Å². The molecule has 17 heavy (non-hydrogen) atoms. The van der Waals surface area contributed by atoms with Crippen molar-refractivity contribution in [1.29, 1.82) is 0 Å². The summed E-state index contributed by atoms with van der Waals surface area (Å²) in [5, 5.41) is 6.00. The maximum atomic E-state index is 12.9. The number of benzene rings is 1. The van der Waals surface area contributed by atoms with E-state index in [-0.39, 0.29) is 10.9 Å². The summed E-state index contributed by atoms with van der Waals surface area (Å²) in [7, 11) is 0. The van der Waals surface area contributed by atoms with Crippen LogP contribution >= 0.6 is 11.6 Å². The summed E-state index contributed by atoms with van der Waals surface area (Å²) in [5.41, 5.74) is 0.378. The van der Waals surface area contributed by atoms with Crippen LogP contribution in [0.2, 0.25) is 5.02 Å². The number of amides is 1. The lowest BCUT2D eigenvalue weighted by molar-refractivity contribution is 0.0954. The van der Waals surface area contributed by atoms with Gasteiger partial charge in [0.1, 0.15) is 5.82 Å². The largest absolute Gasteiger partial charge is 0.351 e. The summed E-state index contributed by atoms with van der Waals surface area (Å²) in [4.78, 5) is 11.6. The van der Waals surface area contributed by atoms with Gasteiger partial charge in [0.15, 0.2) is 0 Å². The zero-order valence-corrected chi connectivity index (χ0v) is 10.1. The van der Waals surface area contributed by atoms with Crippen molar-refractivity contribution in [2.45, 2.75) is 18.9 Å². The highest BCUT2D eigenvalue weighted by Crippen LogP contribution is 2.18. The number of carbonyl (C=O) groups excluding carboxylic acids is 1. The lowest BCUT2D eigenvalue weighted by Gasteiger charge is -2.06. The minimum absolute atomic E-state index is 0.0336. The Balaban J connectivity index is 1.79. The minimum Gasteiger partial charge on any atom is -0.351 e. The molecule has 0 atom stereocenters. The maximum Gasteiger partial charge on any atom is 0.251 e. The van der Waals surface area contributed by atoms with E-state index in [1.165, 1.54) is 31.0 Å². The van der Waals surface area contributed by atoms with Crippen LogP contribution in [0.15, 0.2) is 18.2 Å². The van der Waals surface area contributed by atoms with E-state index >= 15 is 0 Å². The van der Waals surface area contributed by atoms with Crippen molar-refractivity contribution in [1.82, 2.24) is 10.6 Å². The first-order valence-corrected chi connectivity index (χ1v) is 6.01. The van der Waals surface area contributed by atoms with Crippen LogP contribution in [0.1, 0.15) is 23.2 Å². The van der Waals surface area contributed by atoms with Crippen LogP contribution in [0.25, 0.3) is 0 Å². The summed E-state index contributed by atoms with van der Waals surface area (Å²) >= 11 is 5.60. The van der Waals surface area contributed by atoms with Gasteiger partial charge in [0.2, 0.25) is 0 Å². The molecule has 1 amide bonds. The van der Waals surface area contributed by atoms with Gasteiger partial charge in [0, 0.05) is 24.7 Å². The number of hydrogen-bond acceptors (Lipinski definition) is 2. The summed E-state index contributed by atoms with van der Waals surface area (Å²) in [6.07, 6.45) is 2.45. The molecular weight excluding hydrogens is 243 g/mol. The van der Waals surface area contributed by atoms with Gasteiger partial charge in [0.05, 0.1) is 5.02 Å². The molecule has 1 aliphatic carbocycles. The van der Waals surface area contributed by atoms with Gasteiger partial charge in [0.25, 0.3) is 5.91 Å². The zero-order chi connectivity index (χ0) is 12.3. The Morgan fingerprint density at radius 1 is 1.41 bits per heavy atom. The molecule has 0 bridgehead atoms. The molecule has 1 aromatic carbocycles. The van der Waals surface area contributed by atoms with Gasteiger partial charge in [-0.05, 0) is 31.0 Å². The average Bonchev–Trinajstić information content (AvgIpc) is 3.12. The van der Waals surface area contributed by atoms with Gasteiger partial charge in [-0.25, -0.2) is 4.39 Å². The highest BCUT2D eigenvalue weighted by Gasteiger charge is 2.19. The van der Waals surface area contributed by atoms with E-state index in [2.05, 4.69) is 10.6 Å². The van der Waals surface area contributed by atoms with Crippen molar-refractivity contribution in [3.05, 3.63) is 34.6 Å². The molecule has 1 aliphatic rings. The lowest BCUT2D eigenvalue weighted by atomic mass is 10.2. The van der Waals surface area contributed by atoms with Crippen molar-refractivity contribution in [3.63, 3.8) is 0 Å². The fourth-order valence-corrected chi connectivity index (χ4v) is 1.66. The molecule has 1 fully saturated rings. The number of nitrogens with one attached hydrogen (secondary N) is 2. The molecule has 5 heteroatoms. The van der Waals surface area contributed by atoms with Crippen molar-refractivity contribution in [2.24, 2.45) is 0 Å². The van der Waals surface area contributed by atoms with E-state index < -0.39 is 5.82 Å². The predicted octanol–water partition coefficient (Wildman–Crippen LogP) is 1.96. The van der Waals surface area contributed by atoms with Crippen LogP contribution < -0.4 is 10.6 Å². The van der Waals surface area contributed by atoms with Gasteiger partial charge in [-0.15, -0.1) is 0 Å². The minimum atomic E-state index is -0.515. The average molecular weight is 257 g/mol. The Morgan fingerprint density at radius 2 is 2.18 bits per heavy atom. The Morgan fingerprint density at radius 3 is 2.82 bits per heavy atom. The van der Waals surface area contributed by atoms with Crippen LogP contribution in [0.4, 0.5) is 4.39 Å². The quantitative estimate of drug-likeness (QED) is 0.791. The molecule has 0 heterocycles. The first-order chi connectivity index (χ1) is 8.16. The second-order valence-corrected chi connectivity index (χ2v) is 4.52. The number of halogens is 2. The van der Waals surface area contributed by atoms with Crippen LogP contribution in [0.3, 0.4) is 0 Å². The standard InChI is InChI=1S/C12H14ClFN2O/c13-10-7-8(1-4-11(10)14)12(17)16-6-5-15-9-2-3-9/h1,4,7,9,15H,2-3,5-6H2,(H,16,17). The molecule has 2 N–H and O–H groups in total. The van der Waals surface area contributed by atoms with Crippen LogP contribution in [-0.4, -0.2) is 25.0 Å². The topological polar surface area (TPSA) is 41.1 Å². The fourth-order valence-electron chi connectivity index (χ4n) is 1.48. The molecule has 0 aliphatic heterocycles. The monoisotopic (exact) mass is 256 g/mol. The molecule has 3 nitrogen and oxygen atoms in total. The molecule has 1 aromatic rings. The lowest BCUT2D eigenvalue weighted by Crippen LogP contribution is -2.32. The third kappa shape index (κ3) is 3.68. The van der Waals surface area contributed by atoms with Gasteiger partial charge >= 0.3 is 0 Å². The normalized spacial score (nSPS) is 14.7. The first-order valence-electron chi connectivity index (χ1n) is 5.63. The SMILES string of the molecule is O=C(NCCNC1CC1)c1ccc(F)c(Cl)c1. The molecule has 2 rings (SSSR count). The first kappa shape index (κ1) is 12.3. The second-order valence-electron chi connectivity index (χ2n) is 4.11. The molecule has 1 saturated carbocycles. The number of hydrogen-bond donors (Lipinski definition) is 2. The van der Waals surface area contributed by atoms with Gasteiger partial charge in [-0.1, -0.05) is 11.6 Å². The van der Waals surface area contributed by atoms with Crippen LogP contribution in [-0.2, 0) is 0 Å². The fraction of sp³-hybridized carbons (Fsp3) is 0.417. The van der Waals surface area contributed by atoms with E-state index in [1.807, 2.05) is 0 Å². The molecule has 0 spiro atoms. The van der Waals surface area contributed by atoms with Crippen LogP contribution in [0.5, 0.6) is 0 Å². The summed E-state index contributed by atoms with van der Waals surface area (Å²) < 4.78 is 12.9. The maximum absolute atomic E-state index is 12.9. The van der Waals surface area contributed by atoms with E-state index in [0.717, 1.165) is 6.54 Å². The molecule has 0 unspecified atom stereocenters. The molecule has 0 radical (unpaired) electrons. The van der Waals surface area contributed by atoms with E-state index in [0.29, 0.717) is 18.2 Å². The van der Waals surface area contributed by atoms with Gasteiger partial charge in [-0.2, -0.15) is 0 Å². The van der Waals surface area contributed by atoms with Crippen molar-refractivity contribution < 1.29 is 9.18 Å². The van der Waals surface area contributed by atoms with E-state index in [1.54, 1.807) is 0 Å². The van der Waals surface area contributed by atoms with E-state index in [4.69, 9.17) is 11.6 Å². The molecular formula is C12H14ClFN2O. The molecule has 0 saturated heterocycles. The number of carbonyl (C=O) groups is 1. The Hall–Kier alpha value is -1.13.